The van der Waals surface area contributed by atoms with Crippen molar-refractivity contribution in [3.05, 3.63) is 0 Å². The number of rotatable bonds is 8. The van der Waals surface area contributed by atoms with Gasteiger partial charge >= 0.3 is 0 Å². The summed E-state index contributed by atoms with van der Waals surface area (Å²) in [6, 6.07) is 0. The van der Waals surface area contributed by atoms with E-state index in [0.29, 0.717) is 24.1 Å². The molecule has 1 fully saturated rings. The molecule has 0 aromatic heterocycles. The SMILES string of the molecule is C[N+](CCO)(CCO)CCCN1CS1(=O)=O. The lowest BCUT2D eigenvalue weighted by Crippen LogP contribution is -2.49. The second-order valence-electron chi connectivity index (χ2n) is 4.51. The Bertz CT molecular complexity index is 311. The van der Waals surface area contributed by atoms with Crippen LogP contribution in [0, 0.1) is 0 Å². The minimum absolute atomic E-state index is 0.0819. The molecule has 1 unspecified atom stereocenters. The largest absolute Gasteiger partial charge is 0.391 e. The molecule has 1 aliphatic heterocycles. The Balaban J connectivity index is 2.27. The number of likely N-dealkylation sites (N-methyl/N-ethyl adjacent to an activating group) is 1. The predicted molar refractivity (Wildman–Crippen MR) is 60.1 cm³/mol. The number of hydrogen-bond donors (Lipinski definition) is 2. The van der Waals surface area contributed by atoms with E-state index in [-0.39, 0.29) is 19.1 Å². The van der Waals surface area contributed by atoms with Gasteiger partial charge < -0.3 is 14.7 Å². The minimum atomic E-state index is -2.87. The Morgan fingerprint density at radius 3 is 2.06 bits per heavy atom. The smallest absolute Gasteiger partial charge is 0.229 e. The molecule has 0 aliphatic carbocycles. The highest BCUT2D eigenvalue weighted by Gasteiger charge is 2.39. The molecule has 1 heterocycles. The quantitative estimate of drug-likeness (QED) is 0.404. The van der Waals surface area contributed by atoms with E-state index < -0.39 is 10.0 Å². The van der Waals surface area contributed by atoms with Crippen molar-refractivity contribution in [2.45, 2.75) is 6.42 Å². The summed E-state index contributed by atoms with van der Waals surface area (Å²) in [5, 5.41) is 17.9. The first-order valence-electron chi connectivity index (χ1n) is 5.47. The fraction of sp³-hybridized carbons (Fsp3) is 1.00. The van der Waals surface area contributed by atoms with Gasteiger partial charge in [0.2, 0.25) is 10.0 Å². The Morgan fingerprint density at radius 1 is 1.19 bits per heavy atom. The summed E-state index contributed by atoms with van der Waals surface area (Å²) in [5.74, 6) is 0.177. The summed E-state index contributed by atoms with van der Waals surface area (Å²) in [5.41, 5.74) is 0. The molecule has 7 heteroatoms. The summed E-state index contributed by atoms with van der Waals surface area (Å²) in [6.45, 7) is 2.66. The van der Waals surface area contributed by atoms with E-state index >= 15 is 0 Å². The van der Waals surface area contributed by atoms with Gasteiger partial charge in [0.25, 0.3) is 0 Å². The molecule has 0 amide bonds. The van der Waals surface area contributed by atoms with Gasteiger partial charge in [0.1, 0.15) is 19.0 Å². The Kier molecular flexibility index (Phi) is 4.69. The van der Waals surface area contributed by atoms with E-state index in [2.05, 4.69) is 0 Å². The highest BCUT2D eigenvalue weighted by atomic mass is 32.2. The lowest BCUT2D eigenvalue weighted by atomic mass is 10.3. The van der Waals surface area contributed by atoms with Crippen molar-refractivity contribution >= 4 is 10.0 Å². The number of sulfonamides is 1. The first-order valence-corrected chi connectivity index (χ1v) is 7.07. The van der Waals surface area contributed by atoms with Crippen LogP contribution >= 0.6 is 0 Å². The third kappa shape index (κ3) is 3.99. The standard InChI is InChI=1S/C9H21N2O4S/c1-11(5-7-12,6-8-13)4-2-3-10-9-16(10,14)15/h12-13H,2-9H2,1H3/q+1. The fourth-order valence-electron chi connectivity index (χ4n) is 1.81. The summed E-state index contributed by atoms with van der Waals surface area (Å²) in [4.78, 5) is 0. The van der Waals surface area contributed by atoms with Gasteiger partial charge in [-0.3, -0.25) is 0 Å². The van der Waals surface area contributed by atoms with Crippen molar-refractivity contribution in [2.75, 3.05) is 52.3 Å². The highest BCUT2D eigenvalue weighted by Crippen LogP contribution is 2.19. The van der Waals surface area contributed by atoms with Crippen LogP contribution in [0.15, 0.2) is 0 Å². The van der Waals surface area contributed by atoms with Gasteiger partial charge in [0.05, 0.1) is 26.8 Å². The van der Waals surface area contributed by atoms with Crippen LogP contribution in [0.2, 0.25) is 0 Å². The lowest BCUT2D eigenvalue weighted by Gasteiger charge is -2.33. The van der Waals surface area contributed by atoms with Crippen molar-refractivity contribution in [1.29, 1.82) is 0 Å². The Morgan fingerprint density at radius 2 is 1.69 bits per heavy atom. The molecule has 0 saturated carbocycles. The topological polar surface area (TPSA) is 77.6 Å². The maximum Gasteiger partial charge on any atom is 0.229 e. The lowest BCUT2D eigenvalue weighted by molar-refractivity contribution is -0.910. The number of quaternary nitrogens is 1. The van der Waals surface area contributed by atoms with E-state index in [0.717, 1.165) is 13.0 Å². The van der Waals surface area contributed by atoms with Crippen molar-refractivity contribution < 1.29 is 23.1 Å². The van der Waals surface area contributed by atoms with Crippen molar-refractivity contribution in [3.8, 4) is 0 Å². The number of nitrogens with zero attached hydrogens (tertiary/aromatic N) is 2. The monoisotopic (exact) mass is 253 g/mol. The summed E-state index contributed by atoms with van der Waals surface area (Å²) in [7, 11) is -0.911. The van der Waals surface area contributed by atoms with Crippen molar-refractivity contribution in [3.63, 3.8) is 0 Å². The van der Waals surface area contributed by atoms with Crippen LogP contribution in [-0.2, 0) is 10.0 Å². The van der Waals surface area contributed by atoms with Gasteiger partial charge in [0.15, 0.2) is 0 Å². The molecule has 1 saturated heterocycles. The van der Waals surface area contributed by atoms with Crippen LogP contribution in [0.1, 0.15) is 6.42 Å². The van der Waals surface area contributed by atoms with Crippen LogP contribution in [-0.4, -0.2) is 79.7 Å². The van der Waals surface area contributed by atoms with Crippen LogP contribution in [0.3, 0.4) is 0 Å². The minimum Gasteiger partial charge on any atom is -0.391 e. The van der Waals surface area contributed by atoms with Crippen molar-refractivity contribution in [1.82, 2.24) is 4.31 Å². The molecule has 0 spiro atoms. The molecule has 0 aromatic rings. The van der Waals surface area contributed by atoms with Crippen LogP contribution in [0.25, 0.3) is 0 Å². The molecule has 1 aliphatic rings. The average Bonchev–Trinajstić information content (AvgIpc) is 2.74. The highest BCUT2D eigenvalue weighted by molar-refractivity contribution is 7.95. The average molecular weight is 253 g/mol. The molecule has 6 nitrogen and oxygen atoms in total. The molecular weight excluding hydrogens is 232 g/mol. The molecular formula is C9H21N2O4S+. The molecule has 0 bridgehead atoms. The maximum absolute atomic E-state index is 10.9. The van der Waals surface area contributed by atoms with Gasteiger partial charge in [-0.25, -0.2) is 8.42 Å². The normalized spacial score (nSPS) is 23.3. The van der Waals surface area contributed by atoms with Crippen LogP contribution in [0.4, 0.5) is 0 Å². The van der Waals surface area contributed by atoms with Gasteiger partial charge in [-0.05, 0) is 0 Å². The maximum atomic E-state index is 10.9. The summed E-state index contributed by atoms with van der Waals surface area (Å²) < 4.78 is 23.9. The Labute approximate surface area is 96.7 Å². The predicted octanol–water partition coefficient (Wildman–Crippen LogP) is -1.59. The first kappa shape index (κ1) is 13.9. The number of aliphatic hydroxyl groups excluding tert-OH is 2. The Hall–Kier alpha value is -0.210. The van der Waals surface area contributed by atoms with E-state index in [1.54, 1.807) is 0 Å². The van der Waals surface area contributed by atoms with Crippen molar-refractivity contribution in [2.24, 2.45) is 0 Å². The fourth-order valence-corrected chi connectivity index (χ4v) is 2.92. The molecule has 96 valence electrons. The second kappa shape index (κ2) is 5.42. The van der Waals surface area contributed by atoms with Gasteiger partial charge in [-0.1, -0.05) is 0 Å². The number of hydrogen-bond acceptors (Lipinski definition) is 4. The molecule has 1 atom stereocenters. The van der Waals surface area contributed by atoms with Crippen LogP contribution < -0.4 is 0 Å². The molecule has 16 heavy (non-hydrogen) atoms. The third-order valence-electron chi connectivity index (χ3n) is 3.01. The molecule has 0 aromatic carbocycles. The summed E-state index contributed by atoms with van der Waals surface area (Å²) >= 11 is 0. The zero-order chi connectivity index (χ0) is 12.2. The first-order chi connectivity index (χ1) is 7.43. The van der Waals surface area contributed by atoms with Crippen LogP contribution in [0.5, 0.6) is 0 Å². The van der Waals surface area contributed by atoms with E-state index in [1.807, 2.05) is 7.05 Å². The molecule has 0 radical (unpaired) electrons. The van der Waals surface area contributed by atoms with Gasteiger partial charge in [0, 0.05) is 13.0 Å². The zero-order valence-corrected chi connectivity index (χ0v) is 10.5. The van der Waals surface area contributed by atoms with Gasteiger partial charge in [-0.2, -0.15) is 4.31 Å². The van der Waals surface area contributed by atoms with E-state index in [4.69, 9.17) is 10.2 Å². The second-order valence-corrected chi connectivity index (χ2v) is 6.45. The molecule has 1 rings (SSSR count). The van der Waals surface area contributed by atoms with Gasteiger partial charge in [-0.15, -0.1) is 0 Å². The zero-order valence-electron chi connectivity index (χ0n) is 9.67. The summed E-state index contributed by atoms with van der Waals surface area (Å²) in [6.07, 6.45) is 0.760. The third-order valence-corrected chi connectivity index (χ3v) is 4.45. The van der Waals surface area contributed by atoms with E-state index in [9.17, 15) is 8.42 Å². The number of aliphatic hydroxyl groups is 2. The van der Waals surface area contributed by atoms with E-state index in [1.165, 1.54) is 4.31 Å². The molecule has 2 N–H and O–H groups in total.